The maximum Gasteiger partial charge on any atom is 0.323 e. The van der Waals surface area contributed by atoms with E-state index in [-0.39, 0.29) is 126 Å². The Kier molecular flexibility index (Phi) is 42.4. The van der Waals surface area contributed by atoms with E-state index in [1.165, 1.54) is 19.3 Å². The second-order valence-electron chi connectivity index (χ2n) is 30.2. The highest BCUT2D eigenvalue weighted by atomic mass is 32.2. The van der Waals surface area contributed by atoms with Crippen molar-refractivity contribution in [3.05, 3.63) is 174 Å². The number of aromatic nitrogens is 6. The molecule has 0 saturated heterocycles. The fourth-order valence-electron chi connectivity index (χ4n) is 13.7. The van der Waals surface area contributed by atoms with Crippen LogP contribution in [0.2, 0.25) is 0 Å². The highest BCUT2D eigenvalue weighted by Gasteiger charge is 2.32. The summed E-state index contributed by atoms with van der Waals surface area (Å²) < 4.78 is 72.1. The van der Waals surface area contributed by atoms with Gasteiger partial charge >= 0.3 is 11.9 Å². The predicted octanol–water partition coefficient (Wildman–Crippen LogP) is 4.26. The molecule has 0 saturated carbocycles. The van der Waals surface area contributed by atoms with Crippen LogP contribution in [0.25, 0.3) is 21.8 Å². The van der Waals surface area contributed by atoms with E-state index in [4.69, 9.17) is 15.2 Å². The van der Waals surface area contributed by atoms with Crippen molar-refractivity contribution in [2.24, 2.45) is 5.73 Å². The van der Waals surface area contributed by atoms with Gasteiger partial charge in [-0.25, -0.2) is 26.8 Å². The van der Waals surface area contributed by atoms with E-state index in [1.54, 1.807) is 122 Å². The maximum atomic E-state index is 13.8. The molecule has 0 radical (unpaired) electrons. The van der Waals surface area contributed by atoms with Crippen molar-refractivity contribution in [1.29, 1.82) is 0 Å². The number of anilines is 2. The van der Waals surface area contributed by atoms with E-state index in [0.29, 0.717) is 156 Å². The van der Waals surface area contributed by atoms with E-state index < -0.39 is 85.9 Å². The molecule has 8 amide bonds. The number of carboxylic acid groups (broad SMARTS) is 2. The number of hydrogen-bond acceptors (Lipinski definition) is 23. The summed E-state index contributed by atoms with van der Waals surface area (Å²) >= 11 is 0. The van der Waals surface area contributed by atoms with Gasteiger partial charge in [-0.2, -0.15) is 9.44 Å². The van der Waals surface area contributed by atoms with Gasteiger partial charge in [0.1, 0.15) is 23.2 Å². The van der Waals surface area contributed by atoms with Gasteiger partial charge in [-0.1, -0.05) is 68.3 Å². The van der Waals surface area contributed by atoms with Gasteiger partial charge in [-0.15, -0.1) is 0 Å². The van der Waals surface area contributed by atoms with Crippen molar-refractivity contribution in [3.8, 4) is 0 Å². The first-order valence-corrected chi connectivity index (χ1v) is 44.5. The minimum absolute atomic E-state index is 0. The van der Waals surface area contributed by atoms with Gasteiger partial charge in [-0.05, 0) is 144 Å². The molecular formula is C86H121N19O20S2. The van der Waals surface area contributed by atoms with E-state index >= 15 is 0 Å². The second kappa shape index (κ2) is 52.0. The number of aryl methyl sites for hydroxylation is 8. The van der Waals surface area contributed by atoms with E-state index in [9.17, 15) is 84.6 Å². The number of nitrogens with one attached hydrogen (secondary N) is 14. The van der Waals surface area contributed by atoms with Gasteiger partial charge < -0.3 is 97.7 Å². The smallest absolute Gasteiger partial charge is 0.323 e. The molecule has 0 aliphatic heterocycles. The van der Waals surface area contributed by atoms with Crippen LogP contribution in [-0.2, 0) is 94.1 Å². The van der Waals surface area contributed by atoms with Crippen molar-refractivity contribution in [2.75, 3.05) is 89.4 Å². The number of carboxylic acids is 2. The summed E-state index contributed by atoms with van der Waals surface area (Å²) in [7, 11) is -8.65. The van der Waals surface area contributed by atoms with Crippen LogP contribution in [0, 0.1) is 41.5 Å². The molecule has 0 fully saturated rings. The zero-order valence-corrected chi connectivity index (χ0v) is 73.8. The Hall–Kier alpha value is -12.3. The molecule has 18 N–H and O–H groups in total. The van der Waals surface area contributed by atoms with Gasteiger partial charge in [0.05, 0.1) is 26.9 Å². The third-order valence-corrected chi connectivity index (χ3v) is 23.2. The molecule has 4 aromatic carbocycles. The van der Waals surface area contributed by atoms with Crippen LogP contribution >= 0.6 is 0 Å². The van der Waals surface area contributed by atoms with Crippen LogP contribution in [0.3, 0.4) is 0 Å². The number of aromatic amines is 2. The second-order valence-corrected chi connectivity index (χ2v) is 33.5. The Morgan fingerprint density at radius 1 is 0.488 bits per heavy atom. The predicted molar refractivity (Wildman–Crippen MR) is 479 cm³/mol. The Morgan fingerprint density at radius 2 is 0.835 bits per heavy atom. The lowest BCUT2D eigenvalue weighted by molar-refractivity contribution is -0.139. The molecule has 0 aliphatic carbocycles. The molecule has 41 heteroatoms. The molecule has 8 aromatic rings. The third kappa shape index (κ3) is 33.9. The molecule has 692 valence electrons. The van der Waals surface area contributed by atoms with Crippen LogP contribution in [0.4, 0.5) is 11.9 Å². The number of pyridine rings is 2. The number of amides is 8. The summed E-state index contributed by atoms with van der Waals surface area (Å²) in [5.74, 6) is -5.28. The normalized spacial score (nSPS) is 12.0. The first-order chi connectivity index (χ1) is 60.0. The molecule has 4 heterocycles. The fourth-order valence-corrected chi connectivity index (χ4v) is 16.9. The Morgan fingerprint density at radius 3 is 1.17 bits per heavy atom. The highest BCUT2D eigenvalue weighted by molar-refractivity contribution is 7.90. The Bertz CT molecular complexity index is 5410. The zero-order chi connectivity index (χ0) is 92.0. The summed E-state index contributed by atoms with van der Waals surface area (Å²) in [6.45, 7) is 17.4. The molecule has 39 nitrogen and oxygen atoms in total. The molecular weight excluding hydrogens is 1680 g/mol. The molecule has 0 bridgehead atoms. The minimum Gasteiger partial charge on any atom is -0.480 e. The standard InChI is InChI=1S/C44H62N10O10S.C41H55N9O10S.CH4/c1-5-9-34(45)42(59)48-16-8-21-64-20-7-15-47-38(56)13-12-37(55)46-14-6-19-54-27-33(39(57)32-11-10-31(24-36(32)54)25-52-44-49-17-18-50-44)41(58)51-26-35(43(60)61)53-65(62,63)40-29(3)22-28(2)23-30(40)4;1-26-20-27(2)38(28(3)21-26)61(58,59)49-33(40(56)57)24-47-39(55)32-25-50(34-22-30(8-9-31(34)37(32)54)23-48-41-45-15-16-46-41)17-5-12-43-35(52)10-11-36(53)44-14-7-19-60-18-6-13-42-29(4)51;/h10-11,17-18,22-24,27,34-35,53H,5-9,12-16,19-21,25-26,45H2,1-4H3,(H,46,55)(H,47,56)(H,48,59)(H,51,58)(H,60,61)(H2,49,50,52);8-9,15-16,20-22,25,33,49H,5-7,10-14,17-19,23-24H2,1-4H3,(H,42,51)(H,43,52)(H,44,53)(H,47,55)(H,56,57)(H2,45,46,48);1H4/t34-,35?;33-;/m00./s1. The Balaban J connectivity index is 0.000000390. The van der Waals surface area contributed by atoms with Gasteiger partial charge in [-0.3, -0.25) is 57.5 Å². The number of H-pyrrole nitrogens is 2. The zero-order valence-electron chi connectivity index (χ0n) is 72.2. The first kappa shape index (κ1) is 104. The number of rotatable bonds is 53. The molecule has 1 unspecified atom stereocenters. The topological polar surface area (TPSA) is 570 Å². The van der Waals surface area contributed by atoms with Crippen molar-refractivity contribution >= 4 is 113 Å². The number of benzene rings is 4. The molecule has 4 aromatic heterocycles. The van der Waals surface area contributed by atoms with E-state index in [2.05, 4.69) is 82.5 Å². The highest BCUT2D eigenvalue weighted by Crippen LogP contribution is 2.25. The number of imidazole rings is 2. The number of nitrogens with two attached hydrogens (primary N) is 1. The summed E-state index contributed by atoms with van der Waals surface area (Å²) in [5, 5.41) is 48.0. The number of aliphatic carboxylic acids is 2. The number of fused-ring (bicyclic) bond motifs is 2. The lowest BCUT2D eigenvalue weighted by Crippen LogP contribution is -2.49. The first-order valence-electron chi connectivity index (χ1n) is 41.6. The van der Waals surface area contributed by atoms with E-state index in [1.807, 2.05) is 20.8 Å². The molecule has 8 rings (SSSR count). The lowest BCUT2D eigenvalue weighted by Gasteiger charge is -2.19. The van der Waals surface area contributed by atoms with Crippen LogP contribution in [0.1, 0.15) is 164 Å². The lowest BCUT2D eigenvalue weighted by atomic mass is 10.1. The summed E-state index contributed by atoms with van der Waals surface area (Å²) in [4.78, 5) is 166. The third-order valence-electron chi connectivity index (χ3n) is 19.6. The summed E-state index contributed by atoms with van der Waals surface area (Å²) in [6, 6.07) is 12.8. The SMILES string of the molecule is C.CC(=O)NCCCOCCCNC(=O)CCC(=O)NCCCn1cc(C(=O)NC[C@H](NS(=O)(=O)c2c(C)cc(C)cc2C)C(=O)O)c(=O)c2ccc(CNc3ncc[nH]3)cc21.CCC[C@H](N)C(=O)NCCCOCCCNC(=O)CCC(=O)NCCCn1cc(C(=O)NCC(NS(=O)(=O)c2c(C)cc(C)cc2C)C(=O)O)c(=O)c2ccc(CNc3ncc[nH]3)cc21. The van der Waals surface area contributed by atoms with E-state index in [0.717, 1.165) is 28.7 Å². The van der Waals surface area contributed by atoms with Crippen LogP contribution < -0.4 is 79.2 Å². The van der Waals surface area contributed by atoms with Crippen LogP contribution in [0.15, 0.2) is 117 Å². The molecule has 0 spiro atoms. The van der Waals surface area contributed by atoms with Crippen molar-refractivity contribution in [2.45, 2.75) is 194 Å². The average Bonchev–Trinajstić information content (AvgIpc) is 0.964. The molecule has 127 heavy (non-hydrogen) atoms. The van der Waals surface area contributed by atoms with Crippen molar-refractivity contribution < 1.29 is 84.5 Å². The van der Waals surface area contributed by atoms with Gasteiger partial charge in [0.25, 0.3) is 11.8 Å². The van der Waals surface area contributed by atoms with Crippen LogP contribution in [-0.4, -0.2) is 212 Å². The quantitative estimate of drug-likeness (QED) is 0.0237. The minimum atomic E-state index is -4.33. The van der Waals surface area contributed by atoms with Gasteiger partial charge in [0.15, 0.2) is 11.9 Å². The molecule has 0 aliphatic rings. The number of carbonyl (C=O) groups is 10. The van der Waals surface area contributed by atoms with Gasteiger partial charge in [0.2, 0.25) is 66.3 Å². The fraction of sp³-hybridized carbons (Fsp3) is 0.465. The average molecular weight is 1810 g/mol. The number of ether oxygens (including phenoxy) is 2. The summed E-state index contributed by atoms with van der Waals surface area (Å²) in [5.41, 5.74) is 9.92. The van der Waals surface area contributed by atoms with Crippen molar-refractivity contribution in [1.82, 2.24) is 81.0 Å². The largest absolute Gasteiger partial charge is 0.480 e. The molecule has 3 atom stereocenters. The monoisotopic (exact) mass is 1800 g/mol. The number of nitrogens with zero attached hydrogens (tertiary/aromatic N) is 4. The van der Waals surface area contributed by atoms with Gasteiger partial charge in [0, 0.05) is 186 Å². The van der Waals surface area contributed by atoms with Crippen molar-refractivity contribution in [3.63, 3.8) is 0 Å². The van der Waals surface area contributed by atoms with Crippen LogP contribution in [0.5, 0.6) is 0 Å². The number of carbonyl (C=O) groups excluding carboxylic acids is 8. The Labute approximate surface area is 737 Å². The summed E-state index contributed by atoms with van der Waals surface area (Å²) in [6.07, 6.45) is 13.9. The number of sulfonamides is 2. The number of hydrogen-bond donors (Lipinski definition) is 17. The maximum absolute atomic E-state index is 13.8.